The Labute approximate surface area is 155 Å². The van der Waals surface area contributed by atoms with Gasteiger partial charge >= 0.3 is 0 Å². The molecule has 0 radical (unpaired) electrons. The van der Waals surface area contributed by atoms with Gasteiger partial charge in [0.05, 0.1) is 17.0 Å². The van der Waals surface area contributed by atoms with Crippen molar-refractivity contribution in [1.29, 1.82) is 0 Å². The second kappa shape index (κ2) is 7.03. The molecule has 1 saturated carbocycles. The molecule has 2 heterocycles. The fraction of sp³-hybridized carbons (Fsp3) is 0.300. The van der Waals surface area contributed by atoms with Crippen LogP contribution in [0.5, 0.6) is 0 Å². The quantitative estimate of drug-likeness (QED) is 0.638. The Morgan fingerprint density at radius 1 is 1.31 bits per heavy atom. The van der Waals surface area contributed by atoms with E-state index in [0.29, 0.717) is 29.5 Å². The Kier molecular flexibility index (Phi) is 4.59. The van der Waals surface area contributed by atoms with Crippen molar-refractivity contribution < 1.29 is 13.6 Å². The SMILES string of the molecule is Cc1oc(-c2cccs2)nc1CC(=O)N(Cc1ccccc1F)C1CC1. The molecule has 0 unspecified atom stereocenters. The van der Waals surface area contributed by atoms with E-state index >= 15 is 0 Å². The molecule has 1 aliphatic carbocycles. The predicted molar refractivity (Wildman–Crippen MR) is 98.2 cm³/mol. The molecule has 0 saturated heterocycles. The summed E-state index contributed by atoms with van der Waals surface area (Å²) in [6, 6.07) is 10.7. The maximum atomic E-state index is 14.0. The largest absolute Gasteiger partial charge is 0.440 e. The van der Waals surface area contributed by atoms with Gasteiger partial charge in [-0.05, 0) is 37.3 Å². The van der Waals surface area contributed by atoms with Gasteiger partial charge in [0.15, 0.2) is 0 Å². The molecule has 0 bridgehead atoms. The van der Waals surface area contributed by atoms with Crippen LogP contribution in [0.25, 0.3) is 10.8 Å². The number of oxazole rings is 1. The van der Waals surface area contributed by atoms with Crippen LogP contribution in [0.15, 0.2) is 46.2 Å². The Hall–Kier alpha value is -2.47. The van der Waals surface area contributed by atoms with Crippen molar-refractivity contribution in [2.75, 3.05) is 0 Å². The predicted octanol–water partition coefficient (Wildman–Crippen LogP) is 4.58. The van der Waals surface area contributed by atoms with Crippen LogP contribution in [0.1, 0.15) is 29.9 Å². The second-order valence-corrected chi connectivity index (χ2v) is 7.47. The first-order valence-electron chi connectivity index (χ1n) is 8.65. The number of nitrogens with zero attached hydrogens (tertiary/aromatic N) is 2. The molecule has 0 spiro atoms. The number of hydrogen-bond donors (Lipinski definition) is 0. The van der Waals surface area contributed by atoms with Crippen molar-refractivity contribution in [3.05, 3.63) is 64.6 Å². The normalized spacial score (nSPS) is 13.8. The van der Waals surface area contributed by atoms with Crippen LogP contribution in [0.2, 0.25) is 0 Å². The molecule has 1 fully saturated rings. The molecule has 0 atom stereocenters. The van der Waals surface area contributed by atoms with E-state index in [1.807, 2.05) is 24.4 Å². The van der Waals surface area contributed by atoms with Gasteiger partial charge in [0.25, 0.3) is 0 Å². The maximum Gasteiger partial charge on any atom is 0.236 e. The fourth-order valence-corrected chi connectivity index (χ4v) is 3.61. The highest BCUT2D eigenvalue weighted by Gasteiger charge is 2.33. The summed E-state index contributed by atoms with van der Waals surface area (Å²) >= 11 is 1.55. The Morgan fingerprint density at radius 3 is 2.81 bits per heavy atom. The molecule has 3 aromatic rings. The zero-order chi connectivity index (χ0) is 18.1. The number of aryl methyl sites for hydroxylation is 1. The van der Waals surface area contributed by atoms with Crippen molar-refractivity contribution in [2.45, 2.75) is 38.8 Å². The summed E-state index contributed by atoms with van der Waals surface area (Å²) in [6.07, 6.45) is 2.11. The van der Waals surface area contributed by atoms with Crippen molar-refractivity contribution in [1.82, 2.24) is 9.88 Å². The van der Waals surface area contributed by atoms with E-state index < -0.39 is 0 Å². The monoisotopic (exact) mass is 370 g/mol. The lowest BCUT2D eigenvalue weighted by Crippen LogP contribution is -2.34. The van der Waals surface area contributed by atoms with Crippen LogP contribution in [0.4, 0.5) is 4.39 Å². The summed E-state index contributed by atoms with van der Waals surface area (Å²) in [5.41, 5.74) is 1.20. The van der Waals surface area contributed by atoms with E-state index in [1.54, 1.807) is 34.4 Å². The molecule has 1 aromatic carbocycles. The molecule has 2 aromatic heterocycles. The van der Waals surface area contributed by atoms with Crippen LogP contribution in [0.3, 0.4) is 0 Å². The van der Waals surface area contributed by atoms with Gasteiger partial charge in [-0.1, -0.05) is 24.3 Å². The van der Waals surface area contributed by atoms with Crippen LogP contribution >= 0.6 is 11.3 Å². The fourth-order valence-electron chi connectivity index (χ4n) is 2.96. The summed E-state index contributed by atoms with van der Waals surface area (Å²) < 4.78 is 19.7. The summed E-state index contributed by atoms with van der Waals surface area (Å²) in [7, 11) is 0. The standard InChI is InChI=1S/C20H19FN2O2S/c1-13-17(22-20(25-13)18-7-4-10-26-18)11-19(24)23(15-8-9-15)12-14-5-2-3-6-16(14)21/h2-7,10,15H,8-9,11-12H2,1H3. The number of amides is 1. The van der Waals surface area contributed by atoms with Gasteiger partial charge in [-0.15, -0.1) is 11.3 Å². The highest BCUT2D eigenvalue weighted by atomic mass is 32.1. The molecule has 4 nitrogen and oxygen atoms in total. The molecule has 0 aliphatic heterocycles. The topological polar surface area (TPSA) is 46.3 Å². The van der Waals surface area contributed by atoms with Gasteiger partial charge < -0.3 is 9.32 Å². The molecule has 1 aliphatic rings. The average molecular weight is 370 g/mol. The highest BCUT2D eigenvalue weighted by molar-refractivity contribution is 7.13. The highest BCUT2D eigenvalue weighted by Crippen LogP contribution is 2.30. The third kappa shape index (κ3) is 3.55. The molecule has 26 heavy (non-hydrogen) atoms. The lowest BCUT2D eigenvalue weighted by molar-refractivity contribution is -0.131. The van der Waals surface area contributed by atoms with E-state index in [0.717, 1.165) is 17.7 Å². The van der Waals surface area contributed by atoms with E-state index in [4.69, 9.17) is 4.42 Å². The lowest BCUT2D eigenvalue weighted by atomic mass is 10.1. The maximum absolute atomic E-state index is 14.0. The van der Waals surface area contributed by atoms with Crippen LogP contribution in [-0.2, 0) is 17.8 Å². The van der Waals surface area contributed by atoms with Crippen molar-refractivity contribution in [3.8, 4) is 10.8 Å². The van der Waals surface area contributed by atoms with Crippen molar-refractivity contribution in [2.24, 2.45) is 0 Å². The summed E-state index contributed by atoms with van der Waals surface area (Å²) in [6.45, 7) is 2.12. The number of aromatic nitrogens is 1. The minimum absolute atomic E-state index is 0.0371. The van der Waals surface area contributed by atoms with Crippen molar-refractivity contribution >= 4 is 17.2 Å². The number of carbonyl (C=O) groups is 1. The smallest absolute Gasteiger partial charge is 0.236 e. The molecule has 1 amide bonds. The lowest BCUT2D eigenvalue weighted by Gasteiger charge is -2.22. The van der Waals surface area contributed by atoms with Crippen LogP contribution < -0.4 is 0 Å². The Bertz CT molecular complexity index is 916. The van der Waals surface area contributed by atoms with Gasteiger partial charge in [0.2, 0.25) is 11.8 Å². The zero-order valence-electron chi connectivity index (χ0n) is 14.4. The number of rotatable bonds is 6. The molecular formula is C20H19FN2O2S. The van der Waals surface area contributed by atoms with Gasteiger partial charge in [0.1, 0.15) is 11.6 Å². The van der Waals surface area contributed by atoms with Gasteiger partial charge in [-0.3, -0.25) is 4.79 Å². The van der Waals surface area contributed by atoms with Gasteiger partial charge in [0, 0.05) is 18.2 Å². The number of benzene rings is 1. The minimum atomic E-state index is -0.274. The Balaban J connectivity index is 1.52. The van der Waals surface area contributed by atoms with Crippen LogP contribution in [-0.4, -0.2) is 21.8 Å². The molecule has 0 N–H and O–H groups in total. The first-order valence-corrected chi connectivity index (χ1v) is 9.53. The molecule has 4 rings (SSSR count). The van der Waals surface area contributed by atoms with E-state index in [9.17, 15) is 9.18 Å². The number of hydrogen-bond acceptors (Lipinski definition) is 4. The number of carbonyl (C=O) groups excluding carboxylic acids is 1. The average Bonchev–Trinajstić information content (AvgIpc) is 3.18. The zero-order valence-corrected chi connectivity index (χ0v) is 15.3. The summed E-state index contributed by atoms with van der Waals surface area (Å²) in [4.78, 5) is 20.1. The van der Waals surface area contributed by atoms with Crippen molar-refractivity contribution in [3.63, 3.8) is 0 Å². The number of halogens is 1. The Morgan fingerprint density at radius 2 is 2.12 bits per heavy atom. The first-order chi connectivity index (χ1) is 12.6. The van der Waals surface area contributed by atoms with E-state index in [1.165, 1.54) is 6.07 Å². The summed E-state index contributed by atoms with van der Waals surface area (Å²) in [5.74, 6) is 0.893. The second-order valence-electron chi connectivity index (χ2n) is 6.52. The summed E-state index contributed by atoms with van der Waals surface area (Å²) in [5, 5.41) is 1.96. The third-order valence-electron chi connectivity index (χ3n) is 4.55. The van der Waals surface area contributed by atoms with E-state index in [2.05, 4.69) is 4.98 Å². The number of thiophene rings is 1. The molecule has 134 valence electrons. The van der Waals surface area contributed by atoms with E-state index in [-0.39, 0.29) is 24.2 Å². The van der Waals surface area contributed by atoms with Gasteiger partial charge in [-0.2, -0.15) is 0 Å². The van der Waals surface area contributed by atoms with Gasteiger partial charge in [-0.25, -0.2) is 9.37 Å². The molecule has 6 heteroatoms. The minimum Gasteiger partial charge on any atom is -0.440 e. The molecular weight excluding hydrogens is 351 g/mol. The van der Waals surface area contributed by atoms with Crippen LogP contribution in [0, 0.1) is 12.7 Å². The third-order valence-corrected chi connectivity index (χ3v) is 5.41. The first kappa shape index (κ1) is 17.0.